The highest BCUT2D eigenvalue weighted by Crippen LogP contribution is 2.17. The molecule has 0 aliphatic rings. The Kier molecular flexibility index (Phi) is 4.43. The van der Waals surface area contributed by atoms with E-state index in [9.17, 15) is 4.39 Å². The Morgan fingerprint density at radius 1 is 1.39 bits per heavy atom. The van der Waals surface area contributed by atoms with Crippen LogP contribution < -0.4 is 5.32 Å². The van der Waals surface area contributed by atoms with Crippen LogP contribution in [0.25, 0.3) is 0 Å². The van der Waals surface area contributed by atoms with Crippen molar-refractivity contribution in [3.63, 3.8) is 0 Å². The lowest BCUT2D eigenvalue weighted by atomic mass is 10.2. The molecule has 0 atom stereocenters. The summed E-state index contributed by atoms with van der Waals surface area (Å²) in [4.78, 5) is 0. The number of halogens is 2. The van der Waals surface area contributed by atoms with Crippen molar-refractivity contribution in [2.24, 2.45) is 0 Å². The maximum Gasteiger partial charge on any atom is 0.146 e. The fourth-order valence-corrected chi connectivity index (χ4v) is 2.05. The number of rotatable bonds is 5. The highest BCUT2D eigenvalue weighted by Gasteiger charge is 2.04. The van der Waals surface area contributed by atoms with Gasteiger partial charge in [0.05, 0.1) is 6.54 Å². The number of hydrogen-bond donors (Lipinski definition) is 1. The SMILES string of the molecule is CCn1cnnc1CNCc1cc(F)ccc1Br. The maximum atomic E-state index is 13.1. The minimum atomic E-state index is -0.230. The molecule has 0 bridgehead atoms. The largest absolute Gasteiger partial charge is 0.317 e. The molecule has 96 valence electrons. The van der Waals surface area contributed by atoms with Gasteiger partial charge in [0, 0.05) is 17.6 Å². The average molecular weight is 313 g/mol. The third kappa shape index (κ3) is 3.14. The van der Waals surface area contributed by atoms with Crippen LogP contribution in [-0.2, 0) is 19.6 Å². The van der Waals surface area contributed by atoms with Crippen molar-refractivity contribution in [3.05, 3.63) is 46.2 Å². The summed E-state index contributed by atoms with van der Waals surface area (Å²) in [5, 5.41) is 11.1. The maximum absolute atomic E-state index is 13.1. The molecular weight excluding hydrogens is 299 g/mol. The Hall–Kier alpha value is -1.27. The smallest absolute Gasteiger partial charge is 0.146 e. The van der Waals surface area contributed by atoms with Crippen LogP contribution in [0.1, 0.15) is 18.3 Å². The zero-order valence-electron chi connectivity index (χ0n) is 10.0. The van der Waals surface area contributed by atoms with Crippen LogP contribution in [0.3, 0.4) is 0 Å². The van der Waals surface area contributed by atoms with Gasteiger partial charge in [0.15, 0.2) is 0 Å². The minimum Gasteiger partial charge on any atom is -0.317 e. The summed E-state index contributed by atoms with van der Waals surface area (Å²) in [6.07, 6.45) is 1.70. The Bertz CT molecular complexity index is 527. The Balaban J connectivity index is 1.94. The zero-order chi connectivity index (χ0) is 13.0. The van der Waals surface area contributed by atoms with Gasteiger partial charge in [-0.15, -0.1) is 10.2 Å². The van der Waals surface area contributed by atoms with E-state index in [2.05, 4.69) is 31.4 Å². The van der Waals surface area contributed by atoms with Crippen LogP contribution in [-0.4, -0.2) is 14.8 Å². The van der Waals surface area contributed by atoms with Gasteiger partial charge in [-0.3, -0.25) is 0 Å². The molecule has 0 saturated heterocycles. The standard InChI is InChI=1S/C12H14BrFN4/c1-2-18-8-16-17-12(18)7-15-6-9-5-10(14)3-4-11(9)13/h3-5,8,15H,2,6-7H2,1H3. The molecular formula is C12H14BrFN4. The van der Waals surface area contributed by atoms with Gasteiger partial charge in [0.25, 0.3) is 0 Å². The summed E-state index contributed by atoms with van der Waals surface area (Å²) < 4.78 is 16.0. The van der Waals surface area contributed by atoms with Crippen LogP contribution >= 0.6 is 15.9 Å². The normalized spacial score (nSPS) is 10.8. The van der Waals surface area contributed by atoms with Crippen LogP contribution in [0.2, 0.25) is 0 Å². The summed E-state index contributed by atoms with van der Waals surface area (Å²) in [5.74, 6) is 0.650. The number of aryl methyl sites for hydroxylation is 1. The number of benzene rings is 1. The van der Waals surface area contributed by atoms with Crippen molar-refractivity contribution in [2.45, 2.75) is 26.6 Å². The number of hydrogen-bond acceptors (Lipinski definition) is 3. The van der Waals surface area contributed by atoms with Gasteiger partial charge in [-0.25, -0.2) is 4.39 Å². The summed E-state index contributed by atoms with van der Waals surface area (Å²) in [5.41, 5.74) is 0.887. The molecule has 0 amide bonds. The van der Waals surface area contributed by atoms with Crippen LogP contribution in [0.4, 0.5) is 4.39 Å². The van der Waals surface area contributed by atoms with Crippen molar-refractivity contribution in [3.8, 4) is 0 Å². The lowest BCUT2D eigenvalue weighted by Gasteiger charge is -2.07. The predicted octanol–water partition coefficient (Wildman–Crippen LogP) is 2.49. The molecule has 0 fully saturated rings. The fourth-order valence-electron chi connectivity index (χ4n) is 1.67. The molecule has 0 unspecified atom stereocenters. The molecule has 1 aromatic carbocycles. The van der Waals surface area contributed by atoms with Gasteiger partial charge in [0.1, 0.15) is 18.0 Å². The number of nitrogens with zero attached hydrogens (tertiary/aromatic N) is 3. The van der Waals surface area contributed by atoms with Crippen molar-refractivity contribution in [1.82, 2.24) is 20.1 Å². The van der Waals surface area contributed by atoms with Gasteiger partial charge in [-0.05, 0) is 30.7 Å². The van der Waals surface area contributed by atoms with E-state index in [-0.39, 0.29) is 5.82 Å². The van der Waals surface area contributed by atoms with Crippen LogP contribution in [0, 0.1) is 5.82 Å². The first-order valence-corrected chi connectivity index (χ1v) is 6.51. The van der Waals surface area contributed by atoms with E-state index in [1.807, 2.05) is 11.5 Å². The lowest BCUT2D eigenvalue weighted by Crippen LogP contribution is -2.16. The molecule has 1 aromatic heterocycles. The van der Waals surface area contributed by atoms with Gasteiger partial charge in [-0.2, -0.15) is 0 Å². The second kappa shape index (κ2) is 6.06. The van der Waals surface area contributed by atoms with Gasteiger partial charge in [-0.1, -0.05) is 15.9 Å². The second-order valence-corrected chi connectivity index (χ2v) is 4.73. The van der Waals surface area contributed by atoms with E-state index in [1.54, 1.807) is 12.4 Å². The summed E-state index contributed by atoms with van der Waals surface area (Å²) in [6, 6.07) is 4.66. The lowest BCUT2D eigenvalue weighted by molar-refractivity contribution is 0.601. The molecule has 6 heteroatoms. The first kappa shape index (κ1) is 13.2. The fraction of sp³-hybridized carbons (Fsp3) is 0.333. The molecule has 2 aromatic rings. The number of aromatic nitrogens is 3. The highest BCUT2D eigenvalue weighted by molar-refractivity contribution is 9.10. The molecule has 1 N–H and O–H groups in total. The van der Waals surface area contributed by atoms with Crippen LogP contribution in [0.5, 0.6) is 0 Å². The van der Waals surface area contributed by atoms with Gasteiger partial charge < -0.3 is 9.88 Å². The van der Waals surface area contributed by atoms with Crippen molar-refractivity contribution in [1.29, 1.82) is 0 Å². The Morgan fingerprint density at radius 3 is 3.00 bits per heavy atom. The van der Waals surface area contributed by atoms with E-state index in [4.69, 9.17) is 0 Å². The average Bonchev–Trinajstić information content (AvgIpc) is 2.81. The topological polar surface area (TPSA) is 42.7 Å². The van der Waals surface area contributed by atoms with E-state index < -0.39 is 0 Å². The Morgan fingerprint density at radius 2 is 2.22 bits per heavy atom. The molecule has 18 heavy (non-hydrogen) atoms. The first-order valence-electron chi connectivity index (χ1n) is 5.72. The van der Waals surface area contributed by atoms with Crippen molar-refractivity contribution < 1.29 is 4.39 Å². The monoisotopic (exact) mass is 312 g/mol. The molecule has 0 saturated carbocycles. The Labute approximate surface area is 113 Å². The molecule has 4 nitrogen and oxygen atoms in total. The molecule has 0 aliphatic heterocycles. The van der Waals surface area contributed by atoms with E-state index in [1.165, 1.54) is 12.1 Å². The third-order valence-electron chi connectivity index (χ3n) is 2.64. The molecule has 1 heterocycles. The second-order valence-electron chi connectivity index (χ2n) is 3.87. The van der Waals surface area contributed by atoms with E-state index >= 15 is 0 Å². The first-order chi connectivity index (χ1) is 8.70. The minimum absolute atomic E-state index is 0.230. The predicted molar refractivity (Wildman–Crippen MR) is 70.3 cm³/mol. The molecule has 2 rings (SSSR count). The molecule has 0 spiro atoms. The van der Waals surface area contributed by atoms with Crippen LogP contribution in [0.15, 0.2) is 29.0 Å². The summed E-state index contributed by atoms with van der Waals surface area (Å²) in [6.45, 7) is 4.06. The van der Waals surface area contributed by atoms with Crippen molar-refractivity contribution in [2.75, 3.05) is 0 Å². The molecule has 0 aliphatic carbocycles. The van der Waals surface area contributed by atoms with E-state index in [0.29, 0.717) is 13.1 Å². The quantitative estimate of drug-likeness (QED) is 0.922. The highest BCUT2D eigenvalue weighted by atomic mass is 79.9. The van der Waals surface area contributed by atoms with Gasteiger partial charge in [0.2, 0.25) is 0 Å². The zero-order valence-corrected chi connectivity index (χ0v) is 11.6. The van der Waals surface area contributed by atoms with E-state index in [0.717, 1.165) is 22.4 Å². The number of nitrogens with one attached hydrogen (secondary N) is 1. The molecule has 0 radical (unpaired) electrons. The summed E-state index contributed by atoms with van der Waals surface area (Å²) >= 11 is 3.40. The third-order valence-corrected chi connectivity index (χ3v) is 3.42. The van der Waals surface area contributed by atoms with Gasteiger partial charge >= 0.3 is 0 Å². The summed E-state index contributed by atoms with van der Waals surface area (Å²) in [7, 11) is 0. The van der Waals surface area contributed by atoms with Crippen molar-refractivity contribution >= 4 is 15.9 Å².